The Balaban J connectivity index is 0.000000289. The second-order valence-electron chi connectivity index (χ2n) is 8.09. The molecule has 9 nitrogen and oxygen atoms in total. The fourth-order valence-electron chi connectivity index (χ4n) is 4.15. The van der Waals surface area contributed by atoms with E-state index in [-0.39, 0.29) is 17.5 Å². The van der Waals surface area contributed by atoms with Crippen LogP contribution in [0.15, 0.2) is 17.2 Å². The minimum atomic E-state index is -5.08. The number of anilines is 2. The molecule has 3 N–H and O–H groups in total. The number of carboxylic acids is 1. The topological polar surface area (TPSA) is 107 Å². The molecule has 1 fully saturated rings. The van der Waals surface area contributed by atoms with Gasteiger partial charge in [-0.05, 0) is 38.0 Å². The van der Waals surface area contributed by atoms with Gasteiger partial charge in [-0.2, -0.15) is 18.3 Å². The molecule has 1 atom stereocenters. The molecule has 0 bridgehead atoms. The van der Waals surface area contributed by atoms with Crippen molar-refractivity contribution >= 4 is 29.1 Å². The number of rotatable bonds is 1. The summed E-state index contributed by atoms with van der Waals surface area (Å²) in [6, 6.07) is 4.05. The molecule has 31 heavy (non-hydrogen) atoms. The highest BCUT2D eigenvalue weighted by Crippen LogP contribution is 2.44. The molecule has 1 amide bonds. The number of alkyl halides is 3. The Hall–Kier alpha value is -3.02. The van der Waals surface area contributed by atoms with Crippen LogP contribution in [0, 0.1) is 0 Å². The van der Waals surface area contributed by atoms with Gasteiger partial charge < -0.3 is 25.0 Å². The molecule has 12 heteroatoms. The number of hydrogen-bond donors (Lipinski definition) is 3. The molecule has 168 valence electrons. The van der Waals surface area contributed by atoms with Crippen LogP contribution >= 0.6 is 0 Å². The SMILES string of the molecule is CC1C(=O)NN=C2COc3cc4c(cc3N21)N(C1(C)CNC1)CC4.O=C(O)C(F)(F)F. The molecule has 5 rings (SSSR count). The van der Waals surface area contributed by atoms with Crippen LogP contribution in [0.25, 0.3) is 0 Å². The second kappa shape index (κ2) is 7.29. The number of hydrazone groups is 1. The third-order valence-electron chi connectivity index (χ3n) is 5.92. The number of hydrogen-bond acceptors (Lipinski definition) is 7. The van der Waals surface area contributed by atoms with E-state index in [9.17, 15) is 18.0 Å². The van der Waals surface area contributed by atoms with Gasteiger partial charge in [-0.15, -0.1) is 0 Å². The first-order chi connectivity index (χ1) is 14.5. The summed E-state index contributed by atoms with van der Waals surface area (Å²) in [6.45, 7) is 7.65. The first-order valence-electron chi connectivity index (χ1n) is 9.75. The quantitative estimate of drug-likeness (QED) is 0.599. The van der Waals surface area contributed by atoms with Crippen LogP contribution < -0.4 is 25.3 Å². The lowest BCUT2D eigenvalue weighted by atomic mass is 9.92. The summed E-state index contributed by atoms with van der Waals surface area (Å²) in [4.78, 5) is 25.5. The lowest BCUT2D eigenvalue weighted by molar-refractivity contribution is -0.192. The summed E-state index contributed by atoms with van der Waals surface area (Å²) in [5.74, 6) is -1.23. The average molecular weight is 441 g/mol. The fraction of sp³-hybridized carbons (Fsp3) is 0.526. The highest BCUT2D eigenvalue weighted by Gasteiger charge is 2.43. The Morgan fingerprint density at radius 1 is 1.32 bits per heavy atom. The number of aliphatic carboxylic acids is 1. The maximum Gasteiger partial charge on any atom is 0.490 e. The Labute approximate surface area is 175 Å². The number of carbonyl (C=O) groups excluding carboxylic acids is 1. The van der Waals surface area contributed by atoms with E-state index in [0.29, 0.717) is 6.61 Å². The van der Waals surface area contributed by atoms with Gasteiger partial charge in [0.15, 0.2) is 5.84 Å². The molecule has 0 radical (unpaired) electrons. The number of benzene rings is 1. The van der Waals surface area contributed by atoms with Gasteiger partial charge in [-0.25, -0.2) is 10.2 Å². The van der Waals surface area contributed by atoms with Crippen molar-refractivity contribution in [1.29, 1.82) is 0 Å². The van der Waals surface area contributed by atoms with Gasteiger partial charge in [0, 0.05) is 25.3 Å². The fourth-order valence-corrected chi connectivity index (χ4v) is 4.15. The van der Waals surface area contributed by atoms with Gasteiger partial charge in [0.2, 0.25) is 0 Å². The normalized spacial score (nSPS) is 23.1. The van der Waals surface area contributed by atoms with Crippen LogP contribution in [0.3, 0.4) is 0 Å². The maximum absolute atomic E-state index is 12.1. The molecule has 1 aromatic carbocycles. The largest absolute Gasteiger partial charge is 0.490 e. The minimum Gasteiger partial charge on any atom is -0.483 e. The van der Waals surface area contributed by atoms with Gasteiger partial charge in [0.1, 0.15) is 18.4 Å². The van der Waals surface area contributed by atoms with Crippen LogP contribution in [-0.4, -0.2) is 66.8 Å². The van der Waals surface area contributed by atoms with E-state index in [1.54, 1.807) is 0 Å². The predicted molar refractivity (Wildman–Crippen MR) is 105 cm³/mol. The van der Waals surface area contributed by atoms with Gasteiger partial charge in [-0.3, -0.25) is 4.79 Å². The van der Waals surface area contributed by atoms with E-state index in [0.717, 1.165) is 43.3 Å². The molecular formula is C19H22F3N5O4. The Morgan fingerprint density at radius 2 is 2.00 bits per heavy atom. The zero-order valence-corrected chi connectivity index (χ0v) is 16.9. The molecule has 1 unspecified atom stereocenters. The van der Waals surface area contributed by atoms with Crippen molar-refractivity contribution in [2.24, 2.45) is 5.10 Å². The summed E-state index contributed by atoms with van der Waals surface area (Å²) in [6.07, 6.45) is -4.04. The van der Waals surface area contributed by atoms with Crippen LogP contribution in [-0.2, 0) is 16.0 Å². The Morgan fingerprint density at radius 3 is 2.58 bits per heavy atom. The van der Waals surface area contributed by atoms with Crippen molar-refractivity contribution in [3.8, 4) is 5.75 Å². The van der Waals surface area contributed by atoms with E-state index < -0.39 is 12.1 Å². The van der Waals surface area contributed by atoms with Crippen molar-refractivity contribution in [3.63, 3.8) is 0 Å². The van der Waals surface area contributed by atoms with Crippen molar-refractivity contribution in [2.45, 2.75) is 38.0 Å². The van der Waals surface area contributed by atoms with E-state index >= 15 is 0 Å². The van der Waals surface area contributed by atoms with Crippen LogP contribution in [0.1, 0.15) is 19.4 Å². The molecular weight excluding hydrogens is 419 g/mol. The van der Waals surface area contributed by atoms with Gasteiger partial charge >= 0.3 is 12.1 Å². The molecule has 0 aromatic heterocycles. The molecule has 1 saturated heterocycles. The second-order valence-corrected chi connectivity index (χ2v) is 8.09. The molecule has 4 heterocycles. The number of fused-ring (bicyclic) bond motifs is 4. The number of ether oxygens (including phenoxy) is 1. The lowest BCUT2D eigenvalue weighted by Gasteiger charge is -2.48. The highest BCUT2D eigenvalue weighted by molar-refractivity contribution is 6.09. The number of carboxylic acid groups (broad SMARTS) is 1. The van der Waals surface area contributed by atoms with E-state index in [1.165, 1.54) is 11.3 Å². The van der Waals surface area contributed by atoms with Crippen LogP contribution in [0.4, 0.5) is 24.5 Å². The van der Waals surface area contributed by atoms with Crippen molar-refractivity contribution in [2.75, 3.05) is 36.0 Å². The van der Waals surface area contributed by atoms with Gasteiger partial charge in [0.25, 0.3) is 5.91 Å². The van der Waals surface area contributed by atoms with Crippen molar-refractivity contribution in [1.82, 2.24) is 10.7 Å². The van der Waals surface area contributed by atoms with Crippen molar-refractivity contribution in [3.05, 3.63) is 17.7 Å². The molecule has 0 aliphatic carbocycles. The minimum absolute atomic E-state index is 0.0842. The number of carbonyl (C=O) groups is 2. The molecule has 4 aliphatic heterocycles. The number of amidine groups is 1. The van der Waals surface area contributed by atoms with Gasteiger partial charge in [-0.1, -0.05) is 0 Å². The summed E-state index contributed by atoms with van der Waals surface area (Å²) in [5, 5.41) is 14.7. The number of halogens is 3. The third kappa shape index (κ3) is 3.64. The first kappa shape index (κ1) is 21.2. The zero-order chi connectivity index (χ0) is 22.6. The summed E-state index contributed by atoms with van der Waals surface area (Å²) in [5.41, 5.74) is 6.29. The first-order valence-corrected chi connectivity index (χ1v) is 9.75. The Kier molecular flexibility index (Phi) is 4.99. The van der Waals surface area contributed by atoms with E-state index in [2.05, 4.69) is 39.8 Å². The lowest BCUT2D eigenvalue weighted by Crippen LogP contribution is -2.67. The van der Waals surface area contributed by atoms with E-state index in [4.69, 9.17) is 14.6 Å². The van der Waals surface area contributed by atoms with Crippen LogP contribution in [0.5, 0.6) is 5.75 Å². The monoisotopic (exact) mass is 441 g/mol. The maximum atomic E-state index is 12.1. The molecule has 4 aliphatic rings. The van der Waals surface area contributed by atoms with Crippen LogP contribution in [0.2, 0.25) is 0 Å². The zero-order valence-electron chi connectivity index (χ0n) is 16.9. The van der Waals surface area contributed by atoms with E-state index in [1.807, 2.05) is 11.8 Å². The molecule has 1 aromatic rings. The predicted octanol–water partition coefficient (Wildman–Crippen LogP) is 1.07. The molecule has 0 spiro atoms. The van der Waals surface area contributed by atoms with Gasteiger partial charge in [0.05, 0.1) is 11.2 Å². The number of nitrogens with one attached hydrogen (secondary N) is 2. The number of amides is 1. The molecule has 0 saturated carbocycles. The summed E-state index contributed by atoms with van der Waals surface area (Å²) >= 11 is 0. The summed E-state index contributed by atoms with van der Waals surface area (Å²) in [7, 11) is 0. The summed E-state index contributed by atoms with van der Waals surface area (Å²) < 4.78 is 37.6. The standard InChI is InChI=1S/C17H21N5O2.C2HF3O2/c1-10-16(23)20-19-15-7-24-14-5-11-3-4-21(17(2)8-18-9-17)12(11)6-13(14)22(10)15;3-2(4,5)1(6)7/h5-6,10,18H,3-4,7-9H2,1-2H3,(H,20,23);(H,6,7). The highest BCUT2D eigenvalue weighted by atomic mass is 19.4. The van der Waals surface area contributed by atoms with Crippen molar-refractivity contribution < 1.29 is 32.6 Å². The third-order valence-corrected chi connectivity index (χ3v) is 5.92. The average Bonchev–Trinajstić information content (AvgIpc) is 3.10. The number of nitrogens with zero attached hydrogens (tertiary/aromatic N) is 3. The smallest absolute Gasteiger partial charge is 0.483 e. The Bertz CT molecular complexity index is 961.